The molecule has 1 aliphatic rings. The standard InChI is InChI=1S/C12H16N2O3/c15-7-9-2-1-3-10(9)14-11-5-4-8(6-13-11)12(16)17/h4-6,9-10,15H,1-3,7H2,(H,13,14)(H,16,17). The number of hydrogen-bond acceptors (Lipinski definition) is 4. The van der Waals surface area contributed by atoms with Crippen molar-refractivity contribution in [2.24, 2.45) is 5.92 Å². The molecule has 0 amide bonds. The summed E-state index contributed by atoms with van der Waals surface area (Å²) in [5.41, 5.74) is 0.181. The molecule has 0 aliphatic heterocycles. The Hall–Kier alpha value is -1.62. The Morgan fingerprint density at radius 1 is 1.47 bits per heavy atom. The van der Waals surface area contributed by atoms with E-state index in [0.29, 0.717) is 5.82 Å². The molecule has 17 heavy (non-hydrogen) atoms. The number of rotatable bonds is 4. The van der Waals surface area contributed by atoms with Crippen LogP contribution in [0.15, 0.2) is 18.3 Å². The number of carbonyl (C=O) groups is 1. The summed E-state index contributed by atoms with van der Waals surface area (Å²) >= 11 is 0. The Bertz CT molecular complexity index is 391. The van der Waals surface area contributed by atoms with Gasteiger partial charge in [-0.3, -0.25) is 0 Å². The highest BCUT2D eigenvalue weighted by molar-refractivity contribution is 5.87. The van der Waals surface area contributed by atoms with Crippen molar-refractivity contribution in [2.75, 3.05) is 11.9 Å². The van der Waals surface area contributed by atoms with Gasteiger partial charge in [0.1, 0.15) is 5.82 Å². The molecule has 0 aromatic carbocycles. The monoisotopic (exact) mass is 236 g/mol. The van der Waals surface area contributed by atoms with Crippen LogP contribution in [-0.2, 0) is 0 Å². The lowest BCUT2D eigenvalue weighted by Gasteiger charge is -2.19. The van der Waals surface area contributed by atoms with Crippen LogP contribution in [0.25, 0.3) is 0 Å². The van der Waals surface area contributed by atoms with Gasteiger partial charge < -0.3 is 15.5 Å². The fourth-order valence-electron chi connectivity index (χ4n) is 2.24. The van der Waals surface area contributed by atoms with Crippen LogP contribution in [0, 0.1) is 5.92 Å². The Morgan fingerprint density at radius 2 is 2.29 bits per heavy atom. The van der Waals surface area contributed by atoms with E-state index in [2.05, 4.69) is 10.3 Å². The first kappa shape index (κ1) is 11.9. The van der Waals surface area contributed by atoms with Crippen LogP contribution in [0.4, 0.5) is 5.82 Å². The quantitative estimate of drug-likeness (QED) is 0.735. The van der Waals surface area contributed by atoms with E-state index in [1.807, 2.05) is 0 Å². The molecule has 3 N–H and O–H groups in total. The van der Waals surface area contributed by atoms with Crippen molar-refractivity contribution in [3.05, 3.63) is 23.9 Å². The summed E-state index contributed by atoms with van der Waals surface area (Å²) in [4.78, 5) is 14.7. The summed E-state index contributed by atoms with van der Waals surface area (Å²) in [6.07, 6.45) is 4.50. The maximum Gasteiger partial charge on any atom is 0.337 e. The molecule has 1 aromatic rings. The molecule has 1 saturated carbocycles. The van der Waals surface area contributed by atoms with Crippen molar-refractivity contribution in [1.82, 2.24) is 4.98 Å². The van der Waals surface area contributed by atoms with Gasteiger partial charge in [0.2, 0.25) is 0 Å². The molecule has 2 atom stereocenters. The molecule has 0 saturated heterocycles. The van der Waals surface area contributed by atoms with Gasteiger partial charge in [-0.15, -0.1) is 0 Å². The second-order valence-electron chi connectivity index (χ2n) is 4.36. The van der Waals surface area contributed by atoms with Crippen molar-refractivity contribution in [3.8, 4) is 0 Å². The molecule has 0 bridgehead atoms. The largest absolute Gasteiger partial charge is 0.478 e. The highest BCUT2D eigenvalue weighted by Crippen LogP contribution is 2.27. The molecule has 1 aromatic heterocycles. The smallest absolute Gasteiger partial charge is 0.337 e. The molecular formula is C12H16N2O3. The number of carboxylic acids is 1. The fraction of sp³-hybridized carbons (Fsp3) is 0.500. The number of pyridine rings is 1. The Labute approximate surface area is 99.5 Å². The van der Waals surface area contributed by atoms with E-state index < -0.39 is 5.97 Å². The second-order valence-corrected chi connectivity index (χ2v) is 4.36. The summed E-state index contributed by atoms with van der Waals surface area (Å²) in [6.45, 7) is 0.185. The third kappa shape index (κ3) is 2.74. The zero-order valence-corrected chi connectivity index (χ0v) is 9.47. The van der Waals surface area contributed by atoms with Gasteiger partial charge in [-0.25, -0.2) is 9.78 Å². The summed E-state index contributed by atoms with van der Waals surface area (Å²) in [6, 6.07) is 3.43. The van der Waals surface area contributed by atoms with Gasteiger partial charge >= 0.3 is 5.97 Å². The van der Waals surface area contributed by atoms with Crippen LogP contribution < -0.4 is 5.32 Å². The second kappa shape index (κ2) is 5.14. The van der Waals surface area contributed by atoms with Crippen molar-refractivity contribution >= 4 is 11.8 Å². The summed E-state index contributed by atoms with van der Waals surface area (Å²) in [7, 11) is 0. The topological polar surface area (TPSA) is 82.5 Å². The SMILES string of the molecule is O=C(O)c1ccc(NC2CCCC2CO)nc1. The average molecular weight is 236 g/mol. The first-order chi connectivity index (χ1) is 8.20. The predicted octanol–water partition coefficient (Wildman–Crippen LogP) is 1.35. The molecule has 1 aliphatic carbocycles. The minimum absolute atomic E-state index is 0.181. The van der Waals surface area contributed by atoms with Crippen molar-refractivity contribution < 1.29 is 15.0 Å². The number of nitrogens with zero attached hydrogens (tertiary/aromatic N) is 1. The van der Waals surface area contributed by atoms with Gasteiger partial charge in [0.25, 0.3) is 0 Å². The number of anilines is 1. The van der Waals surface area contributed by atoms with Crippen molar-refractivity contribution in [1.29, 1.82) is 0 Å². The van der Waals surface area contributed by atoms with E-state index >= 15 is 0 Å². The van der Waals surface area contributed by atoms with Gasteiger partial charge in [-0.05, 0) is 25.0 Å². The first-order valence-electron chi connectivity index (χ1n) is 5.77. The Balaban J connectivity index is 2.01. The molecule has 1 heterocycles. The minimum atomic E-state index is -0.974. The van der Waals surface area contributed by atoms with Crippen LogP contribution >= 0.6 is 0 Å². The Morgan fingerprint density at radius 3 is 2.88 bits per heavy atom. The van der Waals surface area contributed by atoms with E-state index in [1.54, 1.807) is 6.07 Å². The molecule has 2 rings (SSSR count). The van der Waals surface area contributed by atoms with Crippen LogP contribution in [0.5, 0.6) is 0 Å². The number of carboxylic acid groups (broad SMARTS) is 1. The average Bonchev–Trinajstić information content (AvgIpc) is 2.77. The van der Waals surface area contributed by atoms with Crippen LogP contribution in [0.2, 0.25) is 0 Å². The fourth-order valence-corrected chi connectivity index (χ4v) is 2.24. The molecule has 1 fully saturated rings. The number of aromatic nitrogens is 1. The molecule has 0 radical (unpaired) electrons. The summed E-state index contributed by atoms with van der Waals surface area (Å²) < 4.78 is 0. The van der Waals surface area contributed by atoms with E-state index in [-0.39, 0.29) is 24.1 Å². The predicted molar refractivity (Wildman–Crippen MR) is 63.0 cm³/mol. The third-order valence-corrected chi connectivity index (χ3v) is 3.24. The molecule has 2 unspecified atom stereocenters. The van der Waals surface area contributed by atoms with E-state index in [9.17, 15) is 9.90 Å². The van der Waals surface area contributed by atoms with Crippen molar-refractivity contribution in [3.63, 3.8) is 0 Å². The van der Waals surface area contributed by atoms with Gasteiger partial charge in [0.15, 0.2) is 0 Å². The van der Waals surface area contributed by atoms with E-state index in [4.69, 9.17) is 5.11 Å². The van der Waals surface area contributed by atoms with E-state index in [0.717, 1.165) is 19.3 Å². The number of aliphatic hydroxyl groups excluding tert-OH is 1. The highest BCUT2D eigenvalue weighted by Gasteiger charge is 2.26. The molecule has 5 heteroatoms. The maximum absolute atomic E-state index is 10.7. The van der Waals surface area contributed by atoms with Crippen LogP contribution in [0.1, 0.15) is 29.6 Å². The number of nitrogens with one attached hydrogen (secondary N) is 1. The van der Waals surface area contributed by atoms with Crippen molar-refractivity contribution in [2.45, 2.75) is 25.3 Å². The zero-order chi connectivity index (χ0) is 12.3. The first-order valence-corrected chi connectivity index (χ1v) is 5.77. The van der Waals surface area contributed by atoms with Crippen LogP contribution in [0.3, 0.4) is 0 Å². The number of aliphatic hydroxyl groups is 1. The normalized spacial score (nSPS) is 23.6. The lowest BCUT2D eigenvalue weighted by molar-refractivity contribution is 0.0696. The molecule has 0 spiro atoms. The molecular weight excluding hydrogens is 220 g/mol. The third-order valence-electron chi connectivity index (χ3n) is 3.24. The van der Waals surface area contributed by atoms with Gasteiger partial charge in [-0.2, -0.15) is 0 Å². The lowest BCUT2D eigenvalue weighted by Crippen LogP contribution is -2.26. The minimum Gasteiger partial charge on any atom is -0.478 e. The van der Waals surface area contributed by atoms with Crippen LogP contribution in [-0.4, -0.2) is 33.8 Å². The van der Waals surface area contributed by atoms with Gasteiger partial charge in [0, 0.05) is 24.8 Å². The van der Waals surface area contributed by atoms with Gasteiger partial charge in [-0.1, -0.05) is 6.42 Å². The highest BCUT2D eigenvalue weighted by atomic mass is 16.4. The molecule has 92 valence electrons. The Kier molecular flexibility index (Phi) is 3.58. The maximum atomic E-state index is 10.7. The lowest BCUT2D eigenvalue weighted by atomic mass is 10.1. The number of aromatic carboxylic acids is 1. The summed E-state index contributed by atoms with van der Waals surface area (Å²) in [5.74, 6) is -0.0329. The number of hydrogen-bond donors (Lipinski definition) is 3. The summed E-state index contributed by atoms with van der Waals surface area (Å²) in [5, 5.41) is 21.2. The molecule has 5 nitrogen and oxygen atoms in total. The van der Waals surface area contributed by atoms with Gasteiger partial charge in [0.05, 0.1) is 5.56 Å². The zero-order valence-electron chi connectivity index (χ0n) is 9.47. The van der Waals surface area contributed by atoms with E-state index in [1.165, 1.54) is 12.3 Å².